The van der Waals surface area contributed by atoms with E-state index >= 15 is 0 Å². The molecule has 1 rings (SSSR count). The Balaban J connectivity index is 2.15. The van der Waals surface area contributed by atoms with Gasteiger partial charge in [0, 0.05) is 25.7 Å². The lowest BCUT2D eigenvalue weighted by atomic mass is 10.0. The Morgan fingerprint density at radius 2 is 2.31 bits per heavy atom. The quantitative estimate of drug-likeness (QED) is 0.665. The van der Waals surface area contributed by atoms with Gasteiger partial charge in [-0.15, -0.1) is 0 Å². The molecule has 0 amide bonds. The molecular weight excluding hydrogens is 164 g/mol. The fourth-order valence-corrected chi connectivity index (χ4v) is 1.68. The molecule has 1 aliphatic heterocycles. The van der Waals surface area contributed by atoms with Crippen LogP contribution < -0.4 is 11.1 Å². The van der Waals surface area contributed by atoms with Crippen LogP contribution in [0.15, 0.2) is 0 Å². The molecule has 0 spiro atoms. The van der Waals surface area contributed by atoms with Crippen LogP contribution in [-0.2, 0) is 4.74 Å². The maximum atomic E-state index is 5.66. The zero-order chi connectivity index (χ0) is 9.68. The van der Waals surface area contributed by atoms with Crippen LogP contribution >= 0.6 is 0 Å². The van der Waals surface area contributed by atoms with Gasteiger partial charge in [-0.05, 0) is 18.8 Å². The summed E-state index contributed by atoms with van der Waals surface area (Å²) in [6, 6.07) is 0.434. The highest BCUT2D eigenvalue weighted by Gasteiger charge is 2.17. The maximum absolute atomic E-state index is 5.66. The second kappa shape index (κ2) is 5.58. The van der Waals surface area contributed by atoms with E-state index in [9.17, 15) is 0 Å². The summed E-state index contributed by atoms with van der Waals surface area (Å²) in [5, 5.41) is 3.46. The first-order valence-electron chi connectivity index (χ1n) is 5.29. The zero-order valence-corrected chi connectivity index (χ0v) is 8.75. The Hall–Kier alpha value is -0.120. The van der Waals surface area contributed by atoms with E-state index in [0.29, 0.717) is 24.6 Å². The van der Waals surface area contributed by atoms with Crippen molar-refractivity contribution in [2.75, 3.05) is 19.7 Å². The molecule has 0 bridgehead atoms. The number of rotatable bonds is 5. The van der Waals surface area contributed by atoms with Gasteiger partial charge in [0.05, 0.1) is 6.10 Å². The largest absolute Gasteiger partial charge is 0.377 e. The minimum Gasteiger partial charge on any atom is -0.377 e. The van der Waals surface area contributed by atoms with Gasteiger partial charge >= 0.3 is 0 Å². The van der Waals surface area contributed by atoms with E-state index in [1.165, 1.54) is 12.8 Å². The van der Waals surface area contributed by atoms with E-state index in [4.69, 9.17) is 10.5 Å². The highest BCUT2D eigenvalue weighted by atomic mass is 16.5. The molecule has 0 aromatic carbocycles. The minimum absolute atomic E-state index is 0.424. The highest BCUT2D eigenvalue weighted by Crippen LogP contribution is 2.11. The number of ether oxygens (including phenoxy) is 1. The Kier molecular flexibility index (Phi) is 4.70. The van der Waals surface area contributed by atoms with Gasteiger partial charge in [0.1, 0.15) is 0 Å². The van der Waals surface area contributed by atoms with Crippen molar-refractivity contribution in [3.63, 3.8) is 0 Å². The molecular formula is C10H22N2O. The van der Waals surface area contributed by atoms with Gasteiger partial charge in [-0.1, -0.05) is 13.8 Å². The lowest BCUT2D eigenvalue weighted by Crippen LogP contribution is -2.43. The fourth-order valence-electron chi connectivity index (χ4n) is 1.68. The predicted molar refractivity (Wildman–Crippen MR) is 54.7 cm³/mol. The highest BCUT2D eigenvalue weighted by molar-refractivity contribution is 4.75. The standard InChI is InChI=1S/C10H22N2O/c1-8(2)10(6-11)12-7-9-4-3-5-13-9/h8-10,12H,3-7,11H2,1-2H3/t9-,10?/m0/s1. The Morgan fingerprint density at radius 3 is 2.77 bits per heavy atom. The summed E-state index contributed by atoms with van der Waals surface area (Å²) in [5.41, 5.74) is 5.66. The van der Waals surface area contributed by atoms with Crippen molar-refractivity contribution in [2.24, 2.45) is 11.7 Å². The summed E-state index contributed by atoms with van der Waals surface area (Å²) < 4.78 is 5.52. The average molecular weight is 186 g/mol. The van der Waals surface area contributed by atoms with Crippen LogP contribution in [-0.4, -0.2) is 31.8 Å². The summed E-state index contributed by atoms with van der Waals surface area (Å²) in [5.74, 6) is 0.603. The molecule has 3 N–H and O–H groups in total. The molecule has 1 aliphatic rings. The normalized spacial score (nSPS) is 25.4. The van der Waals surface area contributed by atoms with Gasteiger partial charge in [0.2, 0.25) is 0 Å². The van der Waals surface area contributed by atoms with Crippen molar-refractivity contribution in [1.29, 1.82) is 0 Å². The first kappa shape index (κ1) is 11.0. The molecule has 78 valence electrons. The molecule has 1 fully saturated rings. The zero-order valence-electron chi connectivity index (χ0n) is 8.75. The third kappa shape index (κ3) is 3.63. The van der Waals surface area contributed by atoms with Gasteiger partial charge in [0.15, 0.2) is 0 Å². The smallest absolute Gasteiger partial charge is 0.0700 e. The van der Waals surface area contributed by atoms with Crippen LogP contribution in [0.5, 0.6) is 0 Å². The van der Waals surface area contributed by atoms with Crippen LogP contribution in [0.2, 0.25) is 0 Å². The van der Waals surface area contributed by atoms with Crippen molar-refractivity contribution >= 4 is 0 Å². The first-order chi connectivity index (χ1) is 6.24. The lowest BCUT2D eigenvalue weighted by molar-refractivity contribution is 0.106. The van der Waals surface area contributed by atoms with Crippen molar-refractivity contribution in [3.8, 4) is 0 Å². The number of nitrogens with one attached hydrogen (secondary N) is 1. The van der Waals surface area contributed by atoms with E-state index in [1.807, 2.05) is 0 Å². The van der Waals surface area contributed by atoms with Gasteiger partial charge in [-0.3, -0.25) is 0 Å². The minimum atomic E-state index is 0.424. The second-order valence-electron chi connectivity index (χ2n) is 4.13. The molecule has 3 heteroatoms. The second-order valence-corrected chi connectivity index (χ2v) is 4.13. The van der Waals surface area contributed by atoms with E-state index in [-0.39, 0.29) is 0 Å². The van der Waals surface area contributed by atoms with Crippen molar-refractivity contribution in [2.45, 2.75) is 38.8 Å². The number of hydrogen-bond donors (Lipinski definition) is 2. The van der Waals surface area contributed by atoms with E-state index in [1.54, 1.807) is 0 Å². The molecule has 3 nitrogen and oxygen atoms in total. The van der Waals surface area contributed by atoms with E-state index in [0.717, 1.165) is 13.2 Å². The van der Waals surface area contributed by atoms with Crippen LogP contribution in [0.1, 0.15) is 26.7 Å². The monoisotopic (exact) mass is 186 g/mol. The molecule has 0 aromatic rings. The van der Waals surface area contributed by atoms with Gasteiger partial charge in [-0.25, -0.2) is 0 Å². The van der Waals surface area contributed by atoms with Gasteiger partial charge in [0.25, 0.3) is 0 Å². The molecule has 0 aliphatic carbocycles. The van der Waals surface area contributed by atoms with Crippen LogP contribution in [0.3, 0.4) is 0 Å². The first-order valence-corrected chi connectivity index (χ1v) is 5.29. The van der Waals surface area contributed by atoms with Crippen LogP contribution in [0.4, 0.5) is 0 Å². The Morgan fingerprint density at radius 1 is 1.54 bits per heavy atom. The molecule has 1 heterocycles. The summed E-state index contributed by atoms with van der Waals surface area (Å²) in [4.78, 5) is 0. The number of nitrogens with two attached hydrogens (primary N) is 1. The van der Waals surface area contributed by atoms with Crippen LogP contribution in [0.25, 0.3) is 0 Å². The van der Waals surface area contributed by atoms with E-state index in [2.05, 4.69) is 19.2 Å². The van der Waals surface area contributed by atoms with Crippen LogP contribution in [0, 0.1) is 5.92 Å². The topological polar surface area (TPSA) is 47.3 Å². The molecule has 0 saturated carbocycles. The molecule has 1 saturated heterocycles. The van der Waals surface area contributed by atoms with Gasteiger partial charge in [-0.2, -0.15) is 0 Å². The van der Waals surface area contributed by atoms with Crippen molar-refractivity contribution in [3.05, 3.63) is 0 Å². The summed E-state index contributed by atoms with van der Waals surface area (Å²) in [7, 11) is 0. The van der Waals surface area contributed by atoms with Crippen molar-refractivity contribution < 1.29 is 4.74 Å². The van der Waals surface area contributed by atoms with Gasteiger partial charge < -0.3 is 15.8 Å². The fraction of sp³-hybridized carbons (Fsp3) is 1.00. The molecule has 1 unspecified atom stereocenters. The summed E-state index contributed by atoms with van der Waals surface area (Å²) >= 11 is 0. The molecule has 0 radical (unpaired) electrons. The number of hydrogen-bond acceptors (Lipinski definition) is 3. The SMILES string of the molecule is CC(C)C(CN)NC[C@@H]1CCCO1. The third-order valence-corrected chi connectivity index (χ3v) is 2.69. The Labute approximate surface area is 81.0 Å². The average Bonchev–Trinajstić information content (AvgIpc) is 2.57. The summed E-state index contributed by atoms with van der Waals surface area (Å²) in [6.07, 6.45) is 2.83. The van der Waals surface area contributed by atoms with E-state index < -0.39 is 0 Å². The molecule has 0 aromatic heterocycles. The molecule has 13 heavy (non-hydrogen) atoms. The predicted octanol–water partition coefficient (Wildman–Crippen LogP) is 0.738. The third-order valence-electron chi connectivity index (χ3n) is 2.69. The molecule has 2 atom stereocenters. The lowest BCUT2D eigenvalue weighted by Gasteiger charge is -2.22. The Bertz CT molecular complexity index is 133. The van der Waals surface area contributed by atoms with Crippen molar-refractivity contribution in [1.82, 2.24) is 5.32 Å². The maximum Gasteiger partial charge on any atom is 0.0700 e. The summed E-state index contributed by atoms with van der Waals surface area (Å²) in [6.45, 7) is 6.99.